The lowest BCUT2D eigenvalue weighted by Gasteiger charge is -2.28. The van der Waals surface area contributed by atoms with E-state index >= 15 is 0 Å². The SMILES string of the molecule is CN1CCCC1CCN(CCCO)c1ccccc1. The monoisotopic (exact) mass is 262 g/mol. The maximum atomic E-state index is 9.05. The van der Waals surface area contributed by atoms with Gasteiger partial charge in [0.05, 0.1) is 0 Å². The van der Waals surface area contributed by atoms with Crippen molar-refractivity contribution in [1.82, 2.24) is 4.90 Å². The van der Waals surface area contributed by atoms with Crippen LogP contribution in [-0.2, 0) is 0 Å². The van der Waals surface area contributed by atoms with Crippen LogP contribution >= 0.6 is 0 Å². The summed E-state index contributed by atoms with van der Waals surface area (Å²) < 4.78 is 0. The second-order valence-electron chi connectivity index (χ2n) is 5.47. The van der Waals surface area contributed by atoms with Gasteiger partial charge in [0.15, 0.2) is 0 Å². The van der Waals surface area contributed by atoms with Crippen LogP contribution in [0.25, 0.3) is 0 Å². The predicted molar refractivity (Wildman–Crippen MR) is 80.6 cm³/mol. The molecule has 1 aliphatic rings. The van der Waals surface area contributed by atoms with Crippen LogP contribution in [-0.4, -0.2) is 49.3 Å². The molecule has 1 atom stereocenters. The highest BCUT2D eigenvalue weighted by Crippen LogP contribution is 2.20. The summed E-state index contributed by atoms with van der Waals surface area (Å²) >= 11 is 0. The molecule has 1 N–H and O–H groups in total. The van der Waals surface area contributed by atoms with Crippen LogP contribution in [0.5, 0.6) is 0 Å². The van der Waals surface area contributed by atoms with E-state index in [2.05, 4.69) is 47.2 Å². The van der Waals surface area contributed by atoms with Crippen molar-refractivity contribution in [3.05, 3.63) is 30.3 Å². The number of aliphatic hydroxyl groups excluding tert-OH is 1. The summed E-state index contributed by atoms with van der Waals surface area (Å²) in [7, 11) is 2.23. The Morgan fingerprint density at radius 3 is 2.68 bits per heavy atom. The van der Waals surface area contributed by atoms with Gasteiger partial charge in [-0.2, -0.15) is 0 Å². The first-order valence-corrected chi connectivity index (χ1v) is 7.42. The van der Waals surface area contributed by atoms with E-state index in [0.29, 0.717) is 0 Å². The maximum Gasteiger partial charge on any atom is 0.0447 e. The summed E-state index contributed by atoms with van der Waals surface area (Å²) in [5.74, 6) is 0. The quantitative estimate of drug-likeness (QED) is 0.817. The molecule has 0 amide bonds. The van der Waals surface area contributed by atoms with Gasteiger partial charge in [0.25, 0.3) is 0 Å². The lowest BCUT2D eigenvalue weighted by atomic mass is 10.1. The summed E-state index contributed by atoms with van der Waals surface area (Å²) in [6, 6.07) is 11.3. The highest BCUT2D eigenvalue weighted by atomic mass is 16.3. The van der Waals surface area contributed by atoms with Crippen LogP contribution in [0.4, 0.5) is 5.69 Å². The van der Waals surface area contributed by atoms with Crippen molar-refractivity contribution < 1.29 is 5.11 Å². The molecule has 1 heterocycles. The fraction of sp³-hybridized carbons (Fsp3) is 0.625. The second kappa shape index (κ2) is 7.51. The molecule has 3 heteroatoms. The van der Waals surface area contributed by atoms with Crippen molar-refractivity contribution in [2.45, 2.75) is 31.7 Å². The van der Waals surface area contributed by atoms with Gasteiger partial charge in [-0.3, -0.25) is 0 Å². The van der Waals surface area contributed by atoms with E-state index in [1.165, 1.54) is 31.5 Å². The average Bonchev–Trinajstić information content (AvgIpc) is 2.85. The fourth-order valence-electron chi connectivity index (χ4n) is 2.92. The zero-order valence-corrected chi connectivity index (χ0v) is 12.0. The Balaban J connectivity index is 1.90. The molecule has 1 fully saturated rings. The summed E-state index contributed by atoms with van der Waals surface area (Å²) in [4.78, 5) is 4.89. The largest absolute Gasteiger partial charge is 0.396 e. The number of anilines is 1. The van der Waals surface area contributed by atoms with Gasteiger partial charge < -0.3 is 14.9 Å². The van der Waals surface area contributed by atoms with Crippen molar-refractivity contribution >= 4 is 5.69 Å². The number of hydrogen-bond acceptors (Lipinski definition) is 3. The molecule has 2 rings (SSSR count). The Morgan fingerprint density at radius 1 is 1.26 bits per heavy atom. The Kier molecular flexibility index (Phi) is 5.67. The fourth-order valence-corrected chi connectivity index (χ4v) is 2.92. The summed E-state index contributed by atoms with van der Waals surface area (Å²) in [5.41, 5.74) is 1.27. The Hall–Kier alpha value is -1.06. The van der Waals surface area contributed by atoms with Crippen LogP contribution in [0.1, 0.15) is 25.7 Å². The van der Waals surface area contributed by atoms with Gasteiger partial charge >= 0.3 is 0 Å². The molecule has 1 aromatic rings. The lowest BCUT2D eigenvalue weighted by Crippen LogP contribution is -2.32. The van der Waals surface area contributed by atoms with E-state index in [4.69, 9.17) is 5.11 Å². The second-order valence-corrected chi connectivity index (χ2v) is 5.47. The number of benzene rings is 1. The van der Waals surface area contributed by atoms with Gasteiger partial charge in [-0.15, -0.1) is 0 Å². The van der Waals surface area contributed by atoms with Gasteiger partial charge in [-0.1, -0.05) is 18.2 Å². The number of nitrogens with zero attached hydrogens (tertiary/aromatic N) is 2. The smallest absolute Gasteiger partial charge is 0.0447 e. The first-order chi connectivity index (χ1) is 9.31. The summed E-state index contributed by atoms with van der Waals surface area (Å²) in [6.07, 6.45) is 4.73. The zero-order chi connectivity index (χ0) is 13.5. The molecule has 1 aromatic carbocycles. The van der Waals surface area contributed by atoms with Gasteiger partial charge in [-0.05, 0) is 51.4 Å². The predicted octanol–water partition coefficient (Wildman–Crippen LogP) is 2.36. The van der Waals surface area contributed by atoms with Crippen LogP contribution in [0.2, 0.25) is 0 Å². The standard InChI is InChI=1S/C16H26N2O/c1-17-11-5-9-15(17)10-13-18(12-6-14-19)16-7-3-2-4-8-16/h2-4,7-8,15,19H,5-6,9-14H2,1H3. The molecule has 0 radical (unpaired) electrons. The Bertz CT molecular complexity index is 355. The summed E-state index contributed by atoms with van der Waals surface area (Å²) in [6.45, 7) is 3.54. The molecular formula is C16H26N2O. The summed E-state index contributed by atoms with van der Waals surface area (Å²) in [5, 5.41) is 9.05. The molecule has 3 nitrogen and oxygen atoms in total. The third-order valence-electron chi connectivity index (χ3n) is 4.11. The molecule has 19 heavy (non-hydrogen) atoms. The van der Waals surface area contributed by atoms with E-state index in [9.17, 15) is 0 Å². The van der Waals surface area contributed by atoms with Gasteiger partial charge in [0, 0.05) is 31.4 Å². The number of aliphatic hydroxyl groups is 1. The topological polar surface area (TPSA) is 26.7 Å². The molecule has 0 aromatic heterocycles. The number of rotatable bonds is 7. The highest BCUT2D eigenvalue weighted by Gasteiger charge is 2.21. The first kappa shape index (κ1) is 14.4. The van der Waals surface area contributed by atoms with E-state index in [1.54, 1.807) is 0 Å². The van der Waals surface area contributed by atoms with Crippen LogP contribution in [0.3, 0.4) is 0 Å². The molecule has 0 aliphatic carbocycles. The van der Waals surface area contributed by atoms with Gasteiger partial charge in [-0.25, -0.2) is 0 Å². The molecule has 106 valence electrons. The van der Waals surface area contributed by atoms with E-state index in [1.807, 2.05) is 0 Å². The van der Waals surface area contributed by atoms with Crippen LogP contribution < -0.4 is 4.90 Å². The lowest BCUT2D eigenvalue weighted by molar-refractivity contribution is 0.284. The van der Waals surface area contributed by atoms with Crippen LogP contribution in [0.15, 0.2) is 30.3 Å². The van der Waals surface area contributed by atoms with Gasteiger partial charge in [0.2, 0.25) is 0 Å². The van der Waals surface area contributed by atoms with Crippen molar-refractivity contribution in [3.63, 3.8) is 0 Å². The minimum Gasteiger partial charge on any atom is -0.396 e. The third-order valence-corrected chi connectivity index (χ3v) is 4.11. The minimum atomic E-state index is 0.271. The number of likely N-dealkylation sites (tertiary alicyclic amines) is 1. The molecule has 0 saturated carbocycles. The Labute approximate surface area is 116 Å². The van der Waals surface area contributed by atoms with Crippen molar-refractivity contribution in [2.75, 3.05) is 38.2 Å². The zero-order valence-electron chi connectivity index (χ0n) is 12.0. The minimum absolute atomic E-state index is 0.271. The van der Waals surface area contributed by atoms with E-state index < -0.39 is 0 Å². The molecular weight excluding hydrogens is 236 g/mol. The van der Waals surface area contributed by atoms with Crippen molar-refractivity contribution in [3.8, 4) is 0 Å². The van der Waals surface area contributed by atoms with E-state index in [0.717, 1.165) is 25.6 Å². The highest BCUT2D eigenvalue weighted by molar-refractivity contribution is 5.45. The first-order valence-electron chi connectivity index (χ1n) is 7.42. The average molecular weight is 262 g/mol. The third kappa shape index (κ3) is 4.22. The molecule has 1 saturated heterocycles. The molecule has 0 bridgehead atoms. The number of para-hydroxylation sites is 1. The Morgan fingerprint density at radius 2 is 2.05 bits per heavy atom. The van der Waals surface area contributed by atoms with Crippen molar-refractivity contribution in [1.29, 1.82) is 0 Å². The number of hydrogen-bond donors (Lipinski definition) is 1. The van der Waals surface area contributed by atoms with E-state index in [-0.39, 0.29) is 6.61 Å². The normalized spacial score (nSPS) is 19.8. The van der Waals surface area contributed by atoms with Crippen molar-refractivity contribution in [2.24, 2.45) is 0 Å². The molecule has 1 aliphatic heterocycles. The maximum absolute atomic E-state index is 9.05. The van der Waals surface area contributed by atoms with Crippen LogP contribution in [0, 0.1) is 0 Å². The van der Waals surface area contributed by atoms with Gasteiger partial charge in [0.1, 0.15) is 0 Å². The molecule has 0 spiro atoms. The molecule has 1 unspecified atom stereocenters.